The Morgan fingerprint density at radius 2 is 1.24 bits per heavy atom. The van der Waals surface area contributed by atoms with Gasteiger partial charge in [0.15, 0.2) is 11.7 Å². The molecule has 0 aliphatic heterocycles. The molecule has 1 unspecified atom stereocenters. The lowest BCUT2D eigenvalue weighted by molar-refractivity contribution is 0.0109. The molecule has 0 aliphatic carbocycles. The molecule has 0 saturated heterocycles. The van der Waals surface area contributed by atoms with Crippen LogP contribution < -0.4 is 4.74 Å². The number of amidine groups is 2. The zero-order valence-electron chi connectivity index (χ0n) is 30.8. The van der Waals surface area contributed by atoms with Crippen LogP contribution in [0, 0.1) is 33.1 Å². The quantitative estimate of drug-likeness (QED) is 0.0632. The van der Waals surface area contributed by atoms with Crippen LogP contribution in [0.25, 0.3) is 0 Å². The number of aliphatic hydroxyl groups excluding tert-OH is 1. The van der Waals surface area contributed by atoms with Gasteiger partial charge in [0.2, 0.25) is 0 Å². The number of benzene rings is 3. The standard InChI is InChI=1S/C42H59N3O4/c1-7-8-9-10-11-12-13-14-15-16-17-24-48-28-35(46)29-49-36-20-23-39(40(47)27-36)42(44-34(6)37-21-18-30(2)25-32(37)4)45-41(43)38-22-19-31(3)26-33(38)5/h18-23,25-27,35,43,46-47H,7-17,24,28-29H2,1-6H3/b43-41?,44-34+,45-42-. The third-order valence-electron chi connectivity index (χ3n) is 8.75. The third-order valence-corrected chi connectivity index (χ3v) is 8.75. The number of phenolic OH excluding ortho intramolecular Hbond substituents is 1. The van der Waals surface area contributed by atoms with Crippen molar-refractivity contribution >= 4 is 17.4 Å². The van der Waals surface area contributed by atoms with Crippen LogP contribution >= 0.6 is 0 Å². The monoisotopic (exact) mass is 669 g/mol. The average Bonchev–Trinajstić information content (AvgIpc) is 3.05. The summed E-state index contributed by atoms with van der Waals surface area (Å²) in [4.78, 5) is 9.46. The van der Waals surface area contributed by atoms with Crippen LogP contribution in [0.5, 0.6) is 11.5 Å². The van der Waals surface area contributed by atoms with Gasteiger partial charge in [-0.25, -0.2) is 9.98 Å². The average molecular weight is 670 g/mol. The van der Waals surface area contributed by atoms with Gasteiger partial charge in [-0.2, -0.15) is 0 Å². The molecule has 266 valence electrons. The van der Waals surface area contributed by atoms with E-state index in [1.54, 1.807) is 12.1 Å². The number of aliphatic hydroxyl groups is 1. The minimum Gasteiger partial charge on any atom is -0.507 e. The van der Waals surface area contributed by atoms with Crippen LogP contribution in [0.1, 0.15) is 123 Å². The van der Waals surface area contributed by atoms with E-state index in [1.807, 2.05) is 58.0 Å². The highest BCUT2D eigenvalue weighted by Crippen LogP contribution is 2.26. The predicted molar refractivity (Wildman–Crippen MR) is 204 cm³/mol. The topological polar surface area (TPSA) is 107 Å². The van der Waals surface area contributed by atoms with E-state index in [9.17, 15) is 10.2 Å². The van der Waals surface area contributed by atoms with Gasteiger partial charge in [0, 0.05) is 23.9 Å². The number of unbranched alkanes of at least 4 members (excludes halogenated alkanes) is 10. The second kappa shape index (κ2) is 21.3. The number of ether oxygens (including phenoxy) is 2. The Labute approximate surface area is 295 Å². The van der Waals surface area contributed by atoms with Gasteiger partial charge in [-0.05, 0) is 69.9 Å². The summed E-state index contributed by atoms with van der Waals surface area (Å²) in [6, 6.07) is 16.9. The van der Waals surface area contributed by atoms with E-state index >= 15 is 0 Å². The van der Waals surface area contributed by atoms with Crippen molar-refractivity contribution in [1.29, 1.82) is 5.41 Å². The number of aliphatic imine (C=N–C) groups is 2. The molecule has 49 heavy (non-hydrogen) atoms. The molecule has 3 aromatic carbocycles. The second-order valence-corrected chi connectivity index (χ2v) is 13.4. The largest absolute Gasteiger partial charge is 0.507 e. The SMILES string of the molecule is CCCCCCCCCCCCCOCC(O)COc1ccc(C(=N/C(=N)c2ccc(C)cc2C)/N=C(\C)c2ccc(C)cc2C)c(O)c1. The fourth-order valence-corrected chi connectivity index (χ4v) is 5.95. The Hall–Kier alpha value is -3.81. The molecular weight excluding hydrogens is 610 g/mol. The van der Waals surface area contributed by atoms with Crippen molar-refractivity contribution in [3.8, 4) is 11.5 Å². The van der Waals surface area contributed by atoms with Crippen molar-refractivity contribution in [2.75, 3.05) is 19.8 Å². The van der Waals surface area contributed by atoms with Crippen LogP contribution in [0.2, 0.25) is 0 Å². The number of nitrogens with zero attached hydrogens (tertiary/aromatic N) is 2. The van der Waals surface area contributed by atoms with E-state index in [0.29, 0.717) is 23.5 Å². The molecule has 0 bridgehead atoms. The summed E-state index contributed by atoms with van der Waals surface area (Å²) in [6.07, 6.45) is 13.3. The van der Waals surface area contributed by atoms with Crippen molar-refractivity contribution in [2.24, 2.45) is 9.98 Å². The van der Waals surface area contributed by atoms with Gasteiger partial charge in [0.25, 0.3) is 0 Å². The van der Waals surface area contributed by atoms with Gasteiger partial charge in [0.05, 0.1) is 12.2 Å². The first-order chi connectivity index (χ1) is 23.6. The molecule has 3 N–H and O–H groups in total. The third kappa shape index (κ3) is 13.9. The summed E-state index contributed by atoms with van der Waals surface area (Å²) in [5.41, 5.74) is 7.06. The molecule has 0 radical (unpaired) electrons. The lowest BCUT2D eigenvalue weighted by Gasteiger charge is -2.14. The van der Waals surface area contributed by atoms with Crippen molar-refractivity contribution in [3.05, 3.63) is 93.5 Å². The van der Waals surface area contributed by atoms with Gasteiger partial charge < -0.3 is 19.7 Å². The fourth-order valence-electron chi connectivity index (χ4n) is 5.95. The molecule has 0 aliphatic rings. The number of hydrogen-bond donors (Lipinski definition) is 3. The first kappa shape index (κ1) is 39.6. The van der Waals surface area contributed by atoms with Crippen molar-refractivity contribution in [3.63, 3.8) is 0 Å². The molecule has 7 nitrogen and oxygen atoms in total. The van der Waals surface area contributed by atoms with Gasteiger partial charge in [-0.3, -0.25) is 5.41 Å². The van der Waals surface area contributed by atoms with Gasteiger partial charge >= 0.3 is 0 Å². The lowest BCUT2D eigenvalue weighted by atomic mass is 10.0. The lowest BCUT2D eigenvalue weighted by Crippen LogP contribution is -2.23. The summed E-state index contributed by atoms with van der Waals surface area (Å²) in [5, 5.41) is 30.4. The molecule has 1 atom stereocenters. The zero-order valence-corrected chi connectivity index (χ0v) is 30.8. The maximum absolute atomic E-state index is 11.1. The van der Waals surface area contributed by atoms with E-state index in [1.165, 1.54) is 63.9 Å². The molecule has 0 amide bonds. The summed E-state index contributed by atoms with van der Waals surface area (Å²) < 4.78 is 11.5. The molecule has 3 rings (SSSR count). The number of nitrogens with one attached hydrogen (secondary N) is 1. The highest BCUT2D eigenvalue weighted by molar-refractivity contribution is 6.17. The number of phenols is 1. The Morgan fingerprint density at radius 3 is 1.82 bits per heavy atom. The number of rotatable bonds is 20. The molecular formula is C42H59N3O4. The second-order valence-electron chi connectivity index (χ2n) is 13.4. The summed E-state index contributed by atoms with van der Waals surface area (Å²) in [6.45, 7) is 13.1. The Kier molecular flexibility index (Phi) is 17.2. The zero-order chi connectivity index (χ0) is 35.6. The Morgan fingerprint density at radius 1 is 0.694 bits per heavy atom. The van der Waals surface area contributed by atoms with Gasteiger partial charge in [-0.15, -0.1) is 0 Å². The van der Waals surface area contributed by atoms with Crippen molar-refractivity contribution < 1.29 is 19.7 Å². The van der Waals surface area contributed by atoms with Crippen LogP contribution in [0.3, 0.4) is 0 Å². The number of aryl methyl sites for hydroxylation is 4. The molecule has 0 heterocycles. The van der Waals surface area contributed by atoms with Crippen LogP contribution in [0.15, 0.2) is 64.6 Å². The minimum atomic E-state index is -0.783. The smallest absolute Gasteiger partial charge is 0.165 e. The summed E-state index contributed by atoms with van der Waals surface area (Å²) in [7, 11) is 0. The molecule has 0 saturated carbocycles. The molecule has 7 heteroatoms. The van der Waals surface area contributed by atoms with E-state index in [-0.39, 0.29) is 30.6 Å². The maximum Gasteiger partial charge on any atom is 0.165 e. The van der Waals surface area contributed by atoms with Crippen molar-refractivity contribution in [1.82, 2.24) is 0 Å². The highest BCUT2D eigenvalue weighted by atomic mass is 16.5. The Balaban J connectivity index is 1.57. The molecule has 0 fully saturated rings. The van der Waals surface area contributed by atoms with E-state index in [2.05, 4.69) is 24.9 Å². The molecule has 0 aromatic heterocycles. The fraction of sp³-hybridized carbons (Fsp3) is 0.500. The number of aromatic hydroxyl groups is 1. The molecule has 0 spiro atoms. The normalized spacial score (nSPS) is 12.7. The van der Waals surface area contributed by atoms with Crippen LogP contribution in [0.4, 0.5) is 0 Å². The van der Waals surface area contributed by atoms with E-state index < -0.39 is 6.10 Å². The van der Waals surface area contributed by atoms with Gasteiger partial charge in [0.1, 0.15) is 24.2 Å². The predicted octanol–water partition coefficient (Wildman–Crippen LogP) is 9.97. The summed E-state index contributed by atoms with van der Waals surface area (Å²) >= 11 is 0. The first-order valence-corrected chi connectivity index (χ1v) is 18.2. The van der Waals surface area contributed by atoms with E-state index in [4.69, 9.17) is 19.9 Å². The summed E-state index contributed by atoms with van der Waals surface area (Å²) in [5.74, 6) is 0.608. The first-order valence-electron chi connectivity index (χ1n) is 18.2. The van der Waals surface area contributed by atoms with E-state index in [0.717, 1.165) is 46.4 Å². The molecule has 3 aromatic rings. The van der Waals surface area contributed by atoms with Crippen LogP contribution in [-0.2, 0) is 4.74 Å². The Bertz CT molecular complexity index is 1540. The van der Waals surface area contributed by atoms with Crippen molar-refractivity contribution in [2.45, 2.75) is 118 Å². The minimum absolute atomic E-state index is 0.0410. The highest BCUT2D eigenvalue weighted by Gasteiger charge is 2.15. The van der Waals surface area contributed by atoms with Gasteiger partial charge in [-0.1, -0.05) is 119 Å². The van der Waals surface area contributed by atoms with Crippen LogP contribution in [-0.4, -0.2) is 53.5 Å². The number of hydrogen-bond acceptors (Lipinski definition) is 5. The maximum atomic E-state index is 11.1.